The van der Waals surface area contributed by atoms with Gasteiger partial charge in [-0.1, -0.05) is 42.0 Å². The van der Waals surface area contributed by atoms with Gasteiger partial charge in [-0.05, 0) is 67.3 Å². The van der Waals surface area contributed by atoms with E-state index in [1.165, 1.54) is 19.2 Å². The van der Waals surface area contributed by atoms with E-state index in [9.17, 15) is 18.0 Å². The zero-order valence-electron chi connectivity index (χ0n) is 20.0. The van der Waals surface area contributed by atoms with Crippen LogP contribution in [0.5, 0.6) is 11.5 Å². The van der Waals surface area contributed by atoms with Gasteiger partial charge in [0.2, 0.25) is 21.8 Å². The van der Waals surface area contributed by atoms with Crippen LogP contribution in [-0.2, 0) is 32.5 Å². The van der Waals surface area contributed by atoms with E-state index < -0.39 is 27.9 Å². The molecule has 3 aromatic carbocycles. The Bertz CT molecular complexity index is 1270. The van der Waals surface area contributed by atoms with Gasteiger partial charge in [-0.3, -0.25) is 14.8 Å². The molecule has 10 heteroatoms. The Balaban J connectivity index is 1.64. The highest BCUT2D eigenvalue weighted by atomic mass is 32.2. The van der Waals surface area contributed by atoms with Crippen LogP contribution in [0.25, 0.3) is 0 Å². The lowest BCUT2D eigenvalue weighted by Crippen LogP contribution is -2.46. The molecule has 0 fully saturated rings. The second kappa shape index (κ2) is 12.3. The first kappa shape index (κ1) is 26.9. The average molecular weight is 512 g/mol. The van der Waals surface area contributed by atoms with E-state index in [4.69, 9.17) is 9.94 Å². The first-order chi connectivity index (χ1) is 17.2. The fourth-order valence-electron chi connectivity index (χ4n) is 3.44. The van der Waals surface area contributed by atoms with Crippen molar-refractivity contribution in [3.8, 4) is 11.5 Å². The van der Waals surface area contributed by atoms with E-state index in [-0.39, 0.29) is 17.7 Å². The molecule has 0 bridgehead atoms. The van der Waals surface area contributed by atoms with Crippen LogP contribution < -0.4 is 20.3 Å². The van der Waals surface area contributed by atoms with Crippen molar-refractivity contribution in [1.29, 1.82) is 0 Å². The molecule has 3 rings (SSSR count). The van der Waals surface area contributed by atoms with E-state index in [1.807, 2.05) is 19.1 Å². The number of aryl methyl sites for hydroxylation is 2. The number of rotatable bonds is 11. The van der Waals surface area contributed by atoms with Crippen molar-refractivity contribution >= 4 is 21.8 Å². The first-order valence-electron chi connectivity index (χ1n) is 11.3. The predicted molar refractivity (Wildman–Crippen MR) is 134 cm³/mol. The van der Waals surface area contributed by atoms with E-state index in [0.29, 0.717) is 17.9 Å². The van der Waals surface area contributed by atoms with Gasteiger partial charge in [-0.2, -0.15) is 4.72 Å². The van der Waals surface area contributed by atoms with Crippen LogP contribution in [0.1, 0.15) is 23.1 Å². The highest BCUT2D eigenvalue weighted by Gasteiger charge is 2.25. The molecular weight excluding hydrogens is 482 g/mol. The minimum Gasteiger partial charge on any atom is -0.457 e. The van der Waals surface area contributed by atoms with Crippen LogP contribution in [0.15, 0.2) is 77.7 Å². The normalized spacial score (nSPS) is 12.0. The van der Waals surface area contributed by atoms with Crippen molar-refractivity contribution in [3.05, 3.63) is 89.5 Å². The predicted octanol–water partition coefficient (Wildman–Crippen LogP) is 2.86. The number of nitrogens with one attached hydrogen (secondary N) is 3. The summed E-state index contributed by atoms with van der Waals surface area (Å²) in [6.07, 6.45) is 0.819. The summed E-state index contributed by atoms with van der Waals surface area (Å²) in [7, 11) is -2.43. The molecule has 2 amide bonds. The summed E-state index contributed by atoms with van der Waals surface area (Å²) in [5, 5.41) is 11.1. The molecular formula is C26H29N3O6S. The van der Waals surface area contributed by atoms with Crippen LogP contribution in [0, 0.1) is 6.92 Å². The molecule has 0 spiro atoms. The van der Waals surface area contributed by atoms with Gasteiger partial charge in [-0.25, -0.2) is 13.9 Å². The Morgan fingerprint density at radius 2 is 1.44 bits per heavy atom. The highest BCUT2D eigenvalue weighted by molar-refractivity contribution is 7.89. The number of hydroxylamine groups is 1. The SMILES string of the molecule is CNC(=O)[C@H](Cc1ccc(Oc2ccc(CCC(=O)NO)cc2)cc1)NS(=O)(=O)c1ccc(C)cc1. The lowest BCUT2D eigenvalue weighted by atomic mass is 10.1. The number of benzene rings is 3. The zero-order valence-corrected chi connectivity index (χ0v) is 20.8. The Morgan fingerprint density at radius 3 is 1.97 bits per heavy atom. The Morgan fingerprint density at radius 1 is 0.889 bits per heavy atom. The summed E-state index contributed by atoms with van der Waals surface area (Å²) >= 11 is 0. The maximum Gasteiger partial charge on any atom is 0.243 e. The number of ether oxygens (including phenoxy) is 1. The lowest BCUT2D eigenvalue weighted by molar-refractivity contribution is -0.129. The van der Waals surface area contributed by atoms with Gasteiger partial charge >= 0.3 is 0 Å². The zero-order chi connectivity index (χ0) is 26.1. The number of carbonyl (C=O) groups is 2. The molecule has 0 aromatic heterocycles. The van der Waals surface area contributed by atoms with Gasteiger partial charge in [0.25, 0.3) is 0 Å². The summed E-state index contributed by atoms with van der Waals surface area (Å²) in [5.41, 5.74) is 4.21. The molecule has 0 aliphatic heterocycles. The molecule has 0 aliphatic rings. The van der Waals surface area contributed by atoms with Gasteiger partial charge in [0.15, 0.2) is 0 Å². The van der Waals surface area contributed by atoms with E-state index >= 15 is 0 Å². The average Bonchev–Trinajstić information content (AvgIpc) is 2.88. The Labute approximate surface area is 210 Å². The standard InChI is InChI=1S/C26H29N3O6S/c1-18-3-14-23(15-4-18)36(33,34)29-24(26(31)27-2)17-20-7-12-22(13-8-20)35-21-10-5-19(6-11-21)9-16-25(30)28-32/h3-8,10-15,24,29,32H,9,16-17H2,1-2H3,(H,27,31)(H,28,30)/t24-/m0/s1. The summed E-state index contributed by atoms with van der Waals surface area (Å²) in [6, 6.07) is 19.7. The molecule has 0 saturated heterocycles. The number of hydrogen-bond acceptors (Lipinski definition) is 6. The quantitative estimate of drug-likeness (QED) is 0.231. The molecule has 0 saturated carbocycles. The first-order valence-corrected chi connectivity index (χ1v) is 12.8. The fourth-order valence-corrected chi connectivity index (χ4v) is 4.63. The van der Waals surface area contributed by atoms with E-state index in [0.717, 1.165) is 16.7 Å². The molecule has 9 nitrogen and oxygen atoms in total. The van der Waals surface area contributed by atoms with Crippen LogP contribution in [0.2, 0.25) is 0 Å². The second-order valence-electron chi connectivity index (χ2n) is 8.23. The van der Waals surface area contributed by atoms with Crippen molar-refractivity contribution < 1.29 is 28.0 Å². The molecule has 190 valence electrons. The van der Waals surface area contributed by atoms with Crippen LogP contribution in [0.4, 0.5) is 0 Å². The molecule has 0 unspecified atom stereocenters. The molecule has 3 aromatic rings. The van der Waals surface area contributed by atoms with Gasteiger partial charge in [0.1, 0.15) is 17.5 Å². The van der Waals surface area contributed by atoms with Crippen LogP contribution in [0.3, 0.4) is 0 Å². The minimum absolute atomic E-state index is 0.0911. The summed E-state index contributed by atoms with van der Waals surface area (Å²) in [4.78, 5) is 23.7. The van der Waals surface area contributed by atoms with Crippen molar-refractivity contribution in [2.45, 2.75) is 37.1 Å². The molecule has 0 heterocycles. The summed E-state index contributed by atoms with van der Waals surface area (Å²) in [5.74, 6) is 0.287. The third kappa shape index (κ3) is 7.64. The van der Waals surface area contributed by atoms with Crippen molar-refractivity contribution in [2.75, 3.05) is 7.05 Å². The molecule has 0 aliphatic carbocycles. The summed E-state index contributed by atoms with van der Waals surface area (Å²) in [6.45, 7) is 1.86. The van der Waals surface area contributed by atoms with Crippen LogP contribution >= 0.6 is 0 Å². The third-order valence-corrected chi connectivity index (χ3v) is 6.97. The maximum absolute atomic E-state index is 12.8. The summed E-state index contributed by atoms with van der Waals surface area (Å²) < 4.78 is 33.9. The van der Waals surface area contributed by atoms with Crippen LogP contribution in [-0.4, -0.2) is 38.5 Å². The van der Waals surface area contributed by atoms with E-state index in [2.05, 4.69) is 10.0 Å². The number of carbonyl (C=O) groups excluding carboxylic acids is 2. The van der Waals surface area contributed by atoms with Crippen molar-refractivity contribution in [1.82, 2.24) is 15.5 Å². The van der Waals surface area contributed by atoms with Gasteiger partial charge in [0.05, 0.1) is 4.90 Å². The van der Waals surface area contributed by atoms with E-state index in [1.54, 1.807) is 54.0 Å². The smallest absolute Gasteiger partial charge is 0.243 e. The maximum atomic E-state index is 12.8. The number of likely N-dealkylation sites (N-methyl/N-ethyl adjacent to an activating group) is 1. The number of hydrogen-bond donors (Lipinski definition) is 4. The topological polar surface area (TPSA) is 134 Å². The van der Waals surface area contributed by atoms with Crippen molar-refractivity contribution in [2.24, 2.45) is 0 Å². The largest absolute Gasteiger partial charge is 0.457 e. The van der Waals surface area contributed by atoms with Gasteiger partial charge < -0.3 is 10.1 Å². The molecule has 0 radical (unpaired) electrons. The van der Waals surface area contributed by atoms with Crippen molar-refractivity contribution in [3.63, 3.8) is 0 Å². The van der Waals surface area contributed by atoms with Gasteiger partial charge in [0, 0.05) is 13.5 Å². The molecule has 1 atom stereocenters. The Hall–Kier alpha value is -3.73. The highest BCUT2D eigenvalue weighted by Crippen LogP contribution is 2.23. The molecule has 4 N–H and O–H groups in total. The number of amides is 2. The second-order valence-corrected chi connectivity index (χ2v) is 9.94. The number of sulfonamides is 1. The lowest BCUT2D eigenvalue weighted by Gasteiger charge is -2.18. The monoisotopic (exact) mass is 511 g/mol. The third-order valence-electron chi connectivity index (χ3n) is 5.48. The minimum atomic E-state index is -3.88. The fraction of sp³-hybridized carbons (Fsp3) is 0.231. The Kier molecular flexibility index (Phi) is 9.18. The van der Waals surface area contributed by atoms with Gasteiger partial charge in [-0.15, -0.1) is 0 Å². The molecule has 36 heavy (non-hydrogen) atoms.